The van der Waals surface area contributed by atoms with Crippen LogP contribution in [0, 0.1) is 12.7 Å². The van der Waals surface area contributed by atoms with Crippen LogP contribution in [-0.4, -0.2) is 27.1 Å². The van der Waals surface area contributed by atoms with Gasteiger partial charge in [0.15, 0.2) is 0 Å². The molecule has 0 aliphatic rings. The summed E-state index contributed by atoms with van der Waals surface area (Å²) in [7, 11) is 0. The highest BCUT2D eigenvalue weighted by Crippen LogP contribution is 2.25. The van der Waals surface area contributed by atoms with Crippen molar-refractivity contribution in [1.29, 1.82) is 0 Å². The Morgan fingerprint density at radius 3 is 2.67 bits per heavy atom. The van der Waals surface area contributed by atoms with Crippen LogP contribution in [0.5, 0.6) is 5.88 Å². The van der Waals surface area contributed by atoms with Gasteiger partial charge in [-0.2, -0.15) is 0 Å². The van der Waals surface area contributed by atoms with Crippen molar-refractivity contribution in [1.82, 2.24) is 20.4 Å². The molecule has 3 rings (SSSR count). The molecule has 0 bridgehead atoms. The molecule has 0 spiro atoms. The Hall–Kier alpha value is -3.29. The highest BCUT2D eigenvalue weighted by Gasteiger charge is 2.17. The first-order valence-corrected chi connectivity index (χ1v) is 8.41. The van der Waals surface area contributed by atoms with Crippen LogP contribution in [0.1, 0.15) is 35.5 Å². The summed E-state index contributed by atoms with van der Waals surface area (Å²) >= 11 is 0. The number of ether oxygens (including phenoxy) is 1. The SMILES string of the molecule is Cc1onc(-c2ccc(F)cn2)c1COc1ccc(C(=O)NC(C)C)cn1. The first kappa shape index (κ1) is 18.5. The Bertz CT molecular complexity index is 921. The van der Waals surface area contributed by atoms with E-state index in [0.29, 0.717) is 34.2 Å². The molecule has 1 amide bonds. The molecule has 3 aromatic rings. The van der Waals surface area contributed by atoms with E-state index in [0.717, 1.165) is 6.20 Å². The summed E-state index contributed by atoms with van der Waals surface area (Å²) in [6, 6.07) is 6.14. The third-order valence-electron chi connectivity index (χ3n) is 3.74. The van der Waals surface area contributed by atoms with Crippen LogP contribution in [-0.2, 0) is 6.61 Å². The van der Waals surface area contributed by atoms with Crippen molar-refractivity contribution in [3.8, 4) is 17.3 Å². The number of amides is 1. The first-order valence-electron chi connectivity index (χ1n) is 8.41. The number of hydrogen-bond donors (Lipinski definition) is 1. The van der Waals surface area contributed by atoms with Crippen LogP contribution in [0.15, 0.2) is 41.2 Å². The molecule has 0 saturated heterocycles. The van der Waals surface area contributed by atoms with Gasteiger partial charge in [-0.1, -0.05) is 5.16 Å². The summed E-state index contributed by atoms with van der Waals surface area (Å²) in [6.07, 6.45) is 2.57. The molecule has 0 aliphatic heterocycles. The minimum absolute atomic E-state index is 0.0449. The standard InChI is InChI=1S/C19H19FN4O3/c1-11(2)23-19(25)13-4-7-17(22-8-13)26-10-15-12(3)27-24-18(15)16-6-5-14(20)9-21-16/h4-9,11H,10H2,1-3H3,(H,23,25). The molecule has 3 heterocycles. The summed E-state index contributed by atoms with van der Waals surface area (Å²) in [5.74, 6) is 0.310. The number of nitrogens with one attached hydrogen (secondary N) is 1. The van der Waals surface area contributed by atoms with Crippen LogP contribution in [0.3, 0.4) is 0 Å². The highest BCUT2D eigenvalue weighted by atomic mass is 19.1. The molecule has 3 aromatic heterocycles. The lowest BCUT2D eigenvalue weighted by Crippen LogP contribution is -2.30. The van der Waals surface area contributed by atoms with E-state index >= 15 is 0 Å². The average Bonchev–Trinajstić information content (AvgIpc) is 3.01. The molecule has 8 heteroatoms. The molecule has 0 radical (unpaired) electrons. The van der Waals surface area contributed by atoms with E-state index in [1.54, 1.807) is 19.1 Å². The second-order valence-electron chi connectivity index (χ2n) is 6.23. The van der Waals surface area contributed by atoms with Crippen molar-refractivity contribution in [3.05, 3.63) is 59.4 Å². The van der Waals surface area contributed by atoms with Gasteiger partial charge in [-0.05, 0) is 39.0 Å². The van der Waals surface area contributed by atoms with Gasteiger partial charge >= 0.3 is 0 Å². The van der Waals surface area contributed by atoms with Crippen LogP contribution in [0.4, 0.5) is 4.39 Å². The third-order valence-corrected chi connectivity index (χ3v) is 3.74. The fraction of sp³-hybridized carbons (Fsp3) is 0.263. The van der Waals surface area contributed by atoms with Gasteiger partial charge in [-0.3, -0.25) is 9.78 Å². The van der Waals surface area contributed by atoms with Gasteiger partial charge in [0, 0.05) is 18.3 Å². The number of carbonyl (C=O) groups excluding carboxylic acids is 1. The fourth-order valence-electron chi connectivity index (χ4n) is 2.37. The van der Waals surface area contributed by atoms with Gasteiger partial charge in [0.1, 0.15) is 23.9 Å². The minimum Gasteiger partial charge on any atom is -0.473 e. The molecule has 0 aliphatic carbocycles. The Kier molecular flexibility index (Phi) is 5.44. The summed E-state index contributed by atoms with van der Waals surface area (Å²) < 4.78 is 24.0. The van der Waals surface area contributed by atoms with Crippen molar-refractivity contribution in [2.75, 3.05) is 0 Å². The lowest BCUT2D eigenvalue weighted by atomic mass is 10.1. The number of pyridine rings is 2. The molecule has 7 nitrogen and oxygen atoms in total. The number of halogens is 1. The van der Waals surface area contributed by atoms with Crippen LogP contribution in [0.2, 0.25) is 0 Å². The molecule has 0 aromatic carbocycles. The Morgan fingerprint density at radius 2 is 2.04 bits per heavy atom. The average molecular weight is 370 g/mol. The maximum absolute atomic E-state index is 13.1. The quantitative estimate of drug-likeness (QED) is 0.716. The Morgan fingerprint density at radius 1 is 1.22 bits per heavy atom. The van der Waals surface area contributed by atoms with E-state index in [1.165, 1.54) is 18.3 Å². The molecule has 140 valence electrons. The molecule has 0 atom stereocenters. The van der Waals surface area contributed by atoms with Crippen molar-refractivity contribution in [3.63, 3.8) is 0 Å². The van der Waals surface area contributed by atoms with Crippen LogP contribution >= 0.6 is 0 Å². The van der Waals surface area contributed by atoms with Gasteiger partial charge in [0.2, 0.25) is 5.88 Å². The minimum atomic E-state index is -0.428. The van der Waals surface area contributed by atoms with E-state index in [2.05, 4.69) is 20.4 Å². The summed E-state index contributed by atoms with van der Waals surface area (Å²) in [4.78, 5) is 20.1. The van der Waals surface area contributed by atoms with Crippen molar-refractivity contribution < 1.29 is 18.4 Å². The lowest BCUT2D eigenvalue weighted by molar-refractivity contribution is 0.0942. The highest BCUT2D eigenvalue weighted by molar-refractivity contribution is 5.94. The van der Waals surface area contributed by atoms with Gasteiger partial charge in [-0.15, -0.1) is 0 Å². The van der Waals surface area contributed by atoms with Crippen LogP contribution in [0.25, 0.3) is 11.4 Å². The topological polar surface area (TPSA) is 90.1 Å². The van der Waals surface area contributed by atoms with Crippen molar-refractivity contribution in [2.45, 2.75) is 33.4 Å². The number of rotatable bonds is 6. The predicted molar refractivity (Wildman–Crippen MR) is 95.6 cm³/mol. The second-order valence-corrected chi connectivity index (χ2v) is 6.23. The monoisotopic (exact) mass is 370 g/mol. The number of aryl methyl sites for hydroxylation is 1. The van der Waals surface area contributed by atoms with E-state index in [9.17, 15) is 9.18 Å². The third kappa shape index (κ3) is 4.46. The number of carbonyl (C=O) groups is 1. The van der Waals surface area contributed by atoms with Crippen molar-refractivity contribution in [2.24, 2.45) is 0 Å². The zero-order valence-corrected chi connectivity index (χ0v) is 15.2. The molecule has 1 N–H and O–H groups in total. The lowest BCUT2D eigenvalue weighted by Gasteiger charge is -2.09. The normalized spacial score (nSPS) is 10.9. The van der Waals surface area contributed by atoms with Gasteiger partial charge in [0.25, 0.3) is 5.91 Å². The summed E-state index contributed by atoms with van der Waals surface area (Å²) in [6.45, 7) is 5.68. The zero-order valence-electron chi connectivity index (χ0n) is 15.2. The maximum atomic E-state index is 13.1. The molecule has 27 heavy (non-hydrogen) atoms. The molecule has 0 saturated carbocycles. The molecular formula is C19H19FN4O3. The zero-order chi connectivity index (χ0) is 19.4. The van der Waals surface area contributed by atoms with Gasteiger partial charge in [0.05, 0.1) is 23.0 Å². The van der Waals surface area contributed by atoms with Gasteiger partial charge < -0.3 is 14.6 Å². The van der Waals surface area contributed by atoms with E-state index in [1.807, 2.05) is 13.8 Å². The summed E-state index contributed by atoms with van der Waals surface area (Å²) in [5, 5.41) is 6.78. The summed E-state index contributed by atoms with van der Waals surface area (Å²) in [5.41, 5.74) is 2.12. The van der Waals surface area contributed by atoms with E-state index in [-0.39, 0.29) is 18.6 Å². The number of nitrogens with zero attached hydrogens (tertiary/aromatic N) is 3. The molecular weight excluding hydrogens is 351 g/mol. The van der Waals surface area contributed by atoms with Crippen LogP contribution < -0.4 is 10.1 Å². The second kappa shape index (κ2) is 7.94. The Labute approximate surface area is 155 Å². The van der Waals surface area contributed by atoms with E-state index < -0.39 is 5.82 Å². The van der Waals surface area contributed by atoms with Gasteiger partial charge in [-0.25, -0.2) is 9.37 Å². The smallest absolute Gasteiger partial charge is 0.253 e. The number of aromatic nitrogens is 3. The van der Waals surface area contributed by atoms with E-state index in [4.69, 9.17) is 9.26 Å². The predicted octanol–water partition coefficient (Wildman–Crippen LogP) is 3.30. The first-order chi connectivity index (χ1) is 12.9. The molecule has 0 fully saturated rings. The number of hydrogen-bond acceptors (Lipinski definition) is 6. The fourth-order valence-corrected chi connectivity index (χ4v) is 2.37. The Balaban J connectivity index is 1.71. The molecule has 0 unspecified atom stereocenters. The van der Waals surface area contributed by atoms with Crippen molar-refractivity contribution >= 4 is 5.91 Å². The maximum Gasteiger partial charge on any atom is 0.253 e. The largest absolute Gasteiger partial charge is 0.473 e.